The van der Waals surface area contributed by atoms with Crippen LogP contribution in [-0.4, -0.2) is 26.5 Å². The lowest BCUT2D eigenvalue weighted by atomic mass is 10.0. The molecule has 2 aromatic carbocycles. The number of hydrogen-bond donors (Lipinski definition) is 3. The summed E-state index contributed by atoms with van der Waals surface area (Å²) in [5, 5.41) is 7.60. The lowest BCUT2D eigenvalue weighted by molar-refractivity contribution is -0.134. The van der Waals surface area contributed by atoms with E-state index in [1.165, 1.54) is 6.07 Å². The van der Waals surface area contributed by atoms with E-state index in [0.717, 1.165) is 19.1 Å². The van der Waals surface area contributed by atoms with Gasteiger partial charge in [-0.1, -0.05) is 31.5 Å². The number of amidine groups is 1. The highest BCUT2D eigenvalue weighted by Crippen LogP contribution is 2.34. The lowest BCUT2D eigenvalue weighted by Crippen LogP contribution is -2.12. The van der Waals surface area contributed by atoms with Crippen LogP contribution in [0.3, 0.4) is 0 Å². The zero-order valence-electron chi connectivity index (χ0n) is 15.3. The minimum atomic E-state index is -3.46. The summed E-state index contributed by atoms with van der Waals surface area (Å²) in [7, 11) is -3.46. The summed E-state index contributed by atoms with van der Waals surface area (Å²) in [6, 6.07) is 11.5. The molecule has 0 unspecified atom stereocenters. The molecule has 2 rings (SSSR count). The van der Waals surface area contributed by atoms with Crippen molar-refractivity contribution in [2.45, 2.75) is 26.2 Å². The van der Waals surface area contributed by atoms with Crippen molar-refractivity contribution in [1.82, 2.24) is 0 Å². The first kappa shape index (κ1) is 20.4. The molecule has 4 N–H and O–H groups in total. The summed E-state index contributed by atoms with van der Waals surface area (Å²) < 4.78 is 31.0. The van der Waals surface area contributed by atoms with Crippen molar-refractivity contribution >= 4 is 27.5 Å². The summed E-state index contributed by atoms with van der Waals surface area (Å²) in [5.74, 6) is -0.135. The van der Waals surface area contributed by atoms with Crippen LogP contribution in [0.15, 0.2) is 42.5 Å². The molecule has 7 nitrogen and oxygen atoms in total. The van der Waals surface area contributed by atoms with Gasteiger partial charge in [0.15, 0.2) is 0 Å². The van der Waals surface area contributed by atoms with Crippen molar-refractivity contribution in [2.75, 3.05) is 11.0 Å². The van der Waals surface area contributed by atoms with Crippen molar-refractivity contribution < 1.29 is 17.9 Å². The van der Waals surface area contributed by atoms with Crippen molar-refractivity contribution in [1.29, 1.82) is 5.41 Å². The van der Waals surface area contributed by atoms with Gasteiger partial charge in [0.2, 0.25) is 10.0 Å². The third-order valence-electron chi connectivity index (χ3n) is 3.73. The number of hydrogen-bond acceptors (Lipinski definition) is 5. The van der Waals surface area contributed by atoms with Crippen LogP contribution in [-0.2, 0) is 14.8 Å². The van der Waals surface area contributed by atoms with E-state index in [-0.39, 0.29) is 11.8 Å². The van der Waals surface area contributed by atoms with Crippen LogP contribution in [0.25, 0.3) is 11.1 Å². The number of unbranched alkanes of at least 4 members (excludes halogenated alkanes) is 1. The zero-order chi connectivity index (χ0) is 20.0. The van der Waals surface area contributed by atoms with Gasteiger partial charge in [0.05, 0.1) is 6.26 Å². The summed E-state index contributed by atoms with van der Waals surface area (Å²) in [4.78, 5) is 12.1. The van der Waals surface area contributed by atoms with Crippen LogP contribution >= 0.6 is 0 Å². The molecule has 0 aliphatic heterocycles. The van der Waals surface area contributed by atoms with Crippen molar-refractivity contribution in [3.8, 4) is 16.9 Å². The van der Waals surface area contributed by atoms with Crippen LogP contribution in [0.1, 0.15) is 31.7 Å². The second kappa shape index (κ2) is 8.68. The Labute approximate surface area is 159 Å². The van der Waals surface area contributed by atoms with Crippen LogP contribution in [0.4, 0.5) is 5.69 Å². The van der Waals surface area contributed by atoms with Gasteiger partial charge in [-0.25, -0.2) is 8.42 Å². The van der Waals surface area contributed by atoms with Gasteiger partial charge in [-0.15, -0.1) is 0 Å². The second-order valence-electron chi connectivity index (χ2n) is 6.16. The predicted molar refractivity (Wildman–Crippen MR) is 107 cm³/mol. The van der Waals surface area contributed by atoms with E-state index >= 15 is 0 Å². The Balaban J connectivity index is 2.48. The fourth-order valence-electron chi connectivity index (χ4n) is 2.47. The van der Waals surface area contributed by atoms with Gasteiger partial charge in [-0.3, -0.25) is 14.9 Å². The molecule has 0 bridgehead atoms. The summed E-state index contributed by atoms with van der Waals surface area (Å²) in [6.07, 6.45) is 2.95. The normalized spacial score (nSPS) is 11.0. The summed E-state index contributed by atoms with van der Waals surface area (Å²) >= 11 is 0. The van der Waals surface area contributed by atoms with E-state index in [9.17, 15) is 13.2 Å². The van der Waals surface area contributed by atoms with Gasteiger partial charge < -0.3 is 10.5 Å². The Morgan fingerprint density at radius 2 is 1.96 bits per heavy atom. The van der Waals surface area contributed by atoms with Crippen molar-refractivity contribution in [2.24, 2.45) is 5.73 Å². The Bertz CT molecular complexity index is 955. The molecule has 2 aromatic rings. The number of sulfonamides is 1. The van der Waals surface area contributed by atoms with E-state index in [0.29, 0.717) is 34.5 Å². The van der Waals surface area contributed by atoms with Crippen LogP contribution in [0.2, 0.25) is 0 Å². The zero-order valence-corrected chi connectivity index (χ0v) is 16.1. The fraction of sp³-hybridized carbons (Fsp3) is 0.263. The molecule has 0 atom stereocenters. The number of rotatable bonds is 8. The van der Waals surface area contributed by atoms with Gasteiger partial charge in [0.1, 0.15) is 11.6 Å². The number of ether oxygens (including phenoxy) is 1. The molecule has 0 aliphatic rings. The molecular formula is C19H23N3O4S. The third-order valence-corrected chi connectivity index (χ3v) is 4.33. The average molecular weight is 389 g/mol. The third kappa shape index (κ3) is 6.10. The Morgan fingerprint density at radius 3 is 2.59 bits per heavy atom. The van der Waals surface area contributed by atoms with E-state index in [4.69, 9.17) is 15.9 Å². The van der Waals surface area contributed by atoms with Gasteiger partial charge >= 0.3 is 5.97 Å². The molecule has 0 heterocycles. The molecule has 0 saturated carbocycles. The molecule has 0 radical (unpaired) electrons. The molecule has 0 amide bonds. The van der Waals surface area contributed by atoms with Gasteiger partial charge in [-0.2, -0.15) is 0 Å². The fourth-order valence-corrected chi connectivity index (χ4v) is 3.03. The first-order valence-electron chi connectivity index (χ1n) is 8.47. The van der Waals surface area contributed by atoms with Crippen molar-refractivity contribution in [3.63, 3.8) is 0 Å². The highest BCUT2D eigenvalue weighted by molar-refractivity contribution is 7.92. The van der Waals surface area contributed by atoms with Crippen LogP contribution in [0.5, 0.6) is 5.75 Å². The molecule has 0 spiro atoms. The van der Waals surface area contributed by atoms with E-state index in [2.05, 4.69) is 4.72 Å². The predicted octanol–water partition coefficient (Wildman–Crippen LogP) is 3.10. The molecule has 8 heteroatoms. The second-order valence-corrected chi connectivity index (χ2v) is 7.91. The number of carbonyl (C=O) groups is 1. The number of anilines is 1. The molecule has 144 valence electrons. The highest BCUT2D eigenvalue weighted by atomic mass is 32.2. The summed E-state index contributed by atoms with van der Waals surface area (Å²) in [5.41, 5.74) is 7.58. The number of esters is 1. The first-order valence-corrected chi connectivity index (χ1v) is 10.4. The minimum Gasteiger partial charge on any atom is -0.426 e. The Morgan fingerprint density at radius 1 is 1.22 bits per heavy atom. The summed E-state index contributed by atoms with van der Waals surface area (Å²) in [6.45, 7) is 1.98. The Hall–Kier alpha value is -2.87. The molecule has 0 fully saturated rings. The number of nitrogen functional groups attached to an aromatic ring is 1. The van der Waals surface area contributed by atoms with Crippen molar-refractivity contribution in [3.05, 3.63) is 48.0 Å². The molecule has 27 heavy (non-hydrogen) atoms. The maximum absolute atomic E-state index is 12.1. The smallest absolute Gasteiger partial charge is 0.311 e. The maximum Gasteiger partial charge on any atom is 0.311 e. The number of carbonyl (C=O) groups excluding carboxylic acids is 1. The van der Waals surface area contributed by atoms with Gasteiger partial charge in [0, 0.05) is 23.2 Å². The number of nitrogens with two attached hydrogens (primary N) is 1. The standard InChI is InChI=1S/C19H23N3O4S/c1-3-4-8-18(23)26-17-10-9-15(22-27(2,24)25)12-16(17)13-6-5-7-14(11-13)19(20)21/h5-7,9-12,22H,3-4,8H2,1-2H3,(H3,20,21). The monoisotopic (exact) mass is 389 g/mol. The molecule has 0 aromatic heterocycles. The largest absolute Gasteiger partial charge is 0.426 e. The first-order chi connectivity index (χ1) is 12.7. The molecule has 0 aliphatic carbocycles. The van der Waals surface area contributed by atoms with E-state index in [1.54, 1.807) is 36.4 Å². The highest BCUT2D eigenvalue weighted by Gasteiger charge is 2.14. The number of benzene rings is 2. The van der Waals surface area contributed by atoms with E-state index < -0.39 is 10.0 Å². The number of nitrogens with one attached hydrogen (secondary N) is 2. The maximum atomic E-state index is 12.1. The topological polar surface area (TPSA) is 122 Å². The minimum absolute atomic E-state index is 0.0937. The van der Waals surface area contributed by atoms with Crippen LogP contribution < -0.4 is 15.2 Å². The molecular weight excluding hydrogens is 366 g/mol. The van der Waals surface area contributed by atoms with Crippen LogP contribution in [0, 0.1) is 5.41 Å². The van der Waals surface area contributed by atoms with Gasteiger partial charge in [-0.05, 0) is 36.2 Å². The Kier molecular flexibility index (Phi) is 6.57. The van der Waals surface area contributed by atoms with Gasteiger partial charge in [0.25, 0.3) is 0 Å². The average Bonchev–Trinajstić information content (AvgIpc) is 2.60. The quantitative estimate of drug-likeness (QED) is 0.277. The lowest BCUT2D eigenvalue weighted by Gasteiger charge is -2.14. The SMILES string of the molecule is CCCCC(=O)Oc1ccc(NS(C)(=O)=O)cc1-c1cccc(C(=N)N)c1. The van der Waals surface area contributed by atoms with E-state index in [1.807, 2.05) is 6.92 Å². The molecule has 0 saturated heterocycles.